The first kappa shape index (κ1) is 5.44. The van der Waals surface area contributed by atoms with Crippen LogP contribution in [0.1, 0.15) is 6.92 Å². The molecule has 0 aromatic rings. The smallest absolute Gasteiger partial charge is 0.0227 e. The Labute approximate surface area is 41.5 Å². The molecule has 0 unspecified atom stereocenters. The van der Waals surface area contributed by atoms with Crippen LogP contribution in [-0.4, -0.2) is 0 Å². The fourth-order valence-electron chi connectivity index (χ4n) is 0.0609. The summed E-state index contributed by atoms with van der Waals surface area (Å²) < 4.78 is 0. The average Bonchev–Trinajstić information content (AvgIpc) is 1.41. The van der Waals surface area contributed by atoms with Gasteiger partial charge in [0.2, 0.25) is 0 Å². The van der Waals surface area contributed by atoms with E-state index in [2.05, 4.69) is 11.7 Å². The third-order valence-electron chi connectivity index (χ3n) is 0.197. The minimum atomic E-state index is 1.42. The van der Waals surface area contributed by atoms with Crippen LogP contribution in [0.4, 0.5) is 0 Å². The zero-order valence-electron chi connectivity index (χ0n) is 3.01. The standard InChI is InChI=1S/C3H6S2/c1-2-3-5-4/h2-4H,1H3/b3-2-. The van der Waals surface area contributed by atoms with Crippen LogP contribution < -0.4 is 0 Å². The molecule has 0 atom stereocenters. The van der Waals surface area contributed by atoms with E-state index in [9.17, 15) is 0 Å². The minimum absolute atomic E-state index is 1.42. The summed E-state index contributed by atoms with van der Waals surface area (Å²) in [5.41, 5.74) is 0. The van der Waals surface area contributed by atoms with Gasteiger partial charge in [-0.3, -0.25) is 0 Å². The van der Waals surface area contributed by atoms with Gasteiger partial charge >= 0.3 is 0 Å². The van der Waals surface area contributed by atoms with E-state index >= 15 is 0 Å². The molecule has 0 aliphatic heterocycles. The SMILES string of the molecule is C/C=C\SS. The minimum Gasteiger partial charge on any atom is -0.107 e. The van der Waals surface area contributed by atoms with E-state index in [-0.39, 0.29) is 0 Å². The average molecular weight is 106 g/mol. The van der Waals surface area contributed by atoms with Gasteiger partial charge in [0.15, 0.2) is 0 Å². The Bertz CT molecular complexity index is 31.9. The Morgan fingerprint density at radius 3 is 2.40 bits per heavy atom. The number of rotatable bonds is 1. The van der Waals surface area contributed by atoms with Crippen LogP contribution in [0.5, 0.6) is 0 Å². The monoisotopic (exact) mass is 106 g/mol. The lowest BCUT2D eigenvalue weighted by Gasteiger charge is -1.64. The topological polar surface area (TPSA) is 0 Å². The highest BCUT2D eigenvalue weighted by atomic mass is 33.1. The van der Waals surface area contributed by atoms with Crippen LogP contribution in [0.3, 0.4) is 0 Å². The van der Waals surface area contributed by atoms with E-state index in [4.69, 9.17) is 0 Å². The summed E-state index contributed by atoms with van der Waals surface area (Å²) in [6.45, 7) is 1.96. The van der Waals surface area contributed by atoms with Crippen LogP contribution in [0, 0.1) is 0 Å². The van der Waals surface area contributed by atoms with Crippen molar-refractivity contribution in [2.45, 2.75) is 6.92 Å². The number of thiol groups is 1. The maximum atomic E-state index is 3.83. The number of hydrogen-bond donors (Lipinski definition) is 1. The summed E-state index contributed by atoms with van der Waals surface area (Å²) in [7, 11) is 1.42. The molecule has 0 N–H and O–H groups in total. The third kappa shape index (κ3) is 4.44. The normalized spacial score (nSPS) is 10.0. The molecule has 0 rings (SSSR count). The van der Waals surface area contributed by atoms with Gasteiger partial charge in [-0.1, -0.05) is 16.9 Å². The maximum Gasteiger partial charge on any atom is -0.0227 e. The second kappa shape index (κ2) is 4.44. The number of hydrogen-bond acceptors (Lipinski definition) is 2. The zero-order valence-corrected chi connectivity index (χ0v) is 4.72. The molecule has 0 heterocycles. The van der Waals surface area contributed by atoms with E-state index in [0.29, 0.717) is 0 Å². The Morgan fingerprint density at radius 2 is 2.40 bits per heavy atom. The molecule has 0 bridgehead atoms. The quantitative estimate of drug-likeness (QED) is 0.394. The van der Waals surface area contributed by atoms with Crippen LogP contribution in [0.25, 0.3) is 0 Å². The molecule has 0 amide bonds. The van der Waals surface area contributed by atoms with Gasteiger partial charge in [-0.2, -0.15) is 0 Å². The Hall–Kier alpha value is 0.440. The van der Waals surface area contributed by atoms with Gasteiger partial charge in [-0.25, -0.2) is 0 Å². The predicted octanol–water partition coefficient (Wildman–Crippen LogP) is 2.10. The molecule has 0 aromatic heterocycles. The van der Waals surface area contributed by atoms with Crippen molar-refractivity contribution in [3.8, 4) is 0 Å². The summed E-state index contributed by atoms with van der Waals surface area (Å²) in [4.78, 5) is 0. The first-order chi connectivity index (χ1) is 2.41. The molecule has 0 aliphatic rings. The van der Waals surface area contributed by atoms with Crippen LogP contribution in [0.2, 0.25) is 0 Å². The summed E-state index contributed by atoms with van der Waals surface area (Å²) >= 11 is 3.83. The molecule has 0 radical (unpaired) electrons. The lowest BCUT2D eigenvalue weighted by Crippen LogP contribution is -1.27. The van der Waals surface area contributed by atoms with E-state index in [0.717, 1.165) is 0 Å². The fourth-order valence-corrected chi connectivity index (χ4v) is 0.548. The predicted molar refractivity (Wildman–Crippen MR) is 31.4 cm³/mol. The van der Waals surface area contributed by atoms with Gasteiger partial charge in [0, 0.05) is 0 Å². The summed E-state index contributed by atoms with van der Waals surface area (Å²) in [6.07, 6.45) is 1.94. The van der Waals surface area contributed by atoms with Crippen molar-refractivity contribution >= 4 is 22.5 Å². The molecule has 2 heteroatoms. The highest BCUT2D eigenvalue weighted by molar-refractivity contribution is 8.69. The fraction of sp³-hybridized carbons (Fsp3) is 0.333. The van der Waals surface area contributed by atoms with Gasteiger partial charge in [0.05, 0.1) is 0 Å². The second-order valence-corrected chi connectivity index (χ2v) is 1.69. The Morgan fingerprint density at radius 1 is 1.80 bits per heavy atom. The van der Waals surface area contributed by atoms with E-state index < -0.39 is 0 Å². The highest BCUT2D eigenvalue weighted by Gasteiger charge is 1.52. The molecular weight excluding hydrogens is 100 g/mol. The van der Waals surface area contributed by atoms with Crippen molar-refractivity contribution in [2.24, 2.45) is 0 Å². The van der Waals surface area contributed by atoms with Gasteiger partial charge in [-0.05, 0) is 12.3 Å². The lowest BCUT2D eigenvalue weighted by molar-refractivity contribution is 1.79. The van der Waals surface area contributed by atoms with Crippen molar-refractivity contribution in [3.05, 3.63) is 11.5 Å². The second-order valence-electron chi connectivity index (χ2n) is 0.575. The molecule has 0 aromatic carbocycles. The number of allylic oxidation sites excluding steroid dienone is 1. The van der Waals surface area contributed by atoms with Crippen molar-refractivity contribution in [1.82, 2.24) is 0 Å². The molecule has 30 valence electrons. The Kier molecular flexibility index (Phi) is 4.83. The first-order valence-electron chi connectivity index (χ1n) is 1.33. The molecule has 0 aliphatic carbocycles. The van der Waals surface area contributed by atoms with Gasteiger partial charge in [0.25, 0.3) is 0 Å². The summed E-state index contributed by atoms with van der Waals surface area (Å²) in [6, 6.07) is 0. The van der Waals surface area contributed by atoms with Crippen molar-refractivity contribution < 1.29 is 0 Å². The molecular formula is C3H6S2. The van der Waals surface area contributed by atoms with E-state index in [1.54, 1.807) is 0 Å². The molecule has 0 saturated carbocycles. The Balaban J connectivity index is 2.62. The maximum absolute atomic E-state index is 3.83. The van der Waals surface area contributed by atoms with Gasteiger partial charge in [-0.15, -0.1) is 11.7 Å². The van der Waals surface area contributed by atoms with Gasteiger partial charge < -0.3 is 0 Å². The first-order valence-corrected chi connectivity index (χ1v) is 3.26. The lowest BCUT2D eigenvalue weighted by atomic mass is 10.8. The molecule has 0 spiro atoms. The molecule has 5 heavy (non-hydrogen) atoms. The van der Waals surface area contributed by atoms with E-state index in [1.807, 2.05) is 18.4 Å². The van der Waals surface area contributed by atoms with Crippen molar-refractivity contribution in [1.29, 1.82) is 0 Å². The molecule has 0 nitrogen and oxygen atoms in total. The van der Waals surface area contributed by atoms with Gasteiger partial charge in [0.1, 0.15) is 0 Å². The molecule has 0 fully saturated rings. The van der Waals surface area contributed by atoms with Crippen LogP contribution in [-0.2, 0) is 0 Å². The molecule has 0 saturated heterocycles. The van der Waals surface area contributed by atoms with E-state index in [1.165, 1.54) is 10.8 Å². The zero-order chi connectivity index (χ0) is 4.12. The van der Waals surface area contributed by atoms with Crippen molar-refractivity contribution in [2.75, 3.05) is 0 Å². The highest BCUT2D eigenvalue weighted by Crippen LogP contribution is 2.03. The largest absolute Gasteiger partial charge is 0.107 e. The summed E-state index contributed by atoms with van der Waals surface area (Å²) in [5.74, 6) is 0. The third-order valence-corrected chi connectivity index (χ3v) is 0.956. The van der Waals surface area contributed by atoms with Crippen molar-refractivity contribution in [3.63, 3.8) is 0 Å². The summed E-state index contributed by atoms with van der Waals surface area (Å²) in [5, 5.41) is 1.91. The van der Waals surface area contributed by atoms with Crippen LogP contribution >= 0.6 is 22.5 Å². The van der Waals surface area contributed by atoms with Crippen LogP contribution in [0.15, 0.2) is 11.5 Å².